The molecule has 0 saturated carbocycles. The predicted molar refractivity (Wildman–Crippen MR) is 41.6 cm³/mol. The molecule has 1 atom stereocenters. The van der Waals surface area contributed by atoms with Gasteiger partial charge in [0.05, 0.1) is 6.61 Å². The van der Waals surface area contributed by atoms with Crippen LogP contribution in [0.4, 0.5) is 0 Å². The Bertz CT molecular complexity index is 104. The third-order valence-electron chi connectivity index (χ3n) is 0.847. The Labute approximate surface area is 70.4 Å². The first-order valence-electron chi connectivity index (χ1n) is 3.05. The Morgan fingerprint density at radius 2 is 2.30 bits per heavy atom. The van der Waals surface area contributed by atoms with E-state index in [4.69, 9.17) is 23.2 Å². The van der Waals surface area contributed by atoms with Crippen molar-refractivity contribution in [2.75, 3.05) is 12.5 Å². The van der Waals surface area contributed by atoms with E-state index in [2.05, 4.69) is 4.74 Å². The van der Waals surface area contributed by atoms with Gasteiger partial charge in [0, 0.05) is 5.88 Å². The van der Waals surface area contributed by atoms with Gasteiger partial charge in [0.15, 0.2) is 0 Å². The first kappa shape index (κ1) is 10.0. The van der Waals surface area contributed by atoms with Crippen LogP contribution in [0.25, 0.3) is 0 Å². The molecule has 0 aromatic carbocycles. The first-order valence-corrected chi connectivity index (χ1v) is 4.02. The van der Waals surface area contributed by atoms with Crippen LogP contribution >= 0.6 is 23.2 Å². The minimum Gasteiger partial charge on any atom is -0.465 e. The molecule has 2 nitrogen and oxygen atoms in total. The minimum atomic E-state index is -0.560. The summed E-state index contributed by atoms with van der Waals surface area (Å²) in [6.07, 6.45) is 0.677. The summed E-state index contributed by atoms with van der Waals surface area (Å²) >= 11 is 10.7. The van der Waals surface area contributed by atoms with Gasteiger partial charge in [-0.25, -0.2) is 0 Å². The van der Waals surface area contributed by atoms with Gasteiger partial charge in [0.1, 0.15) is 5.38 Å². The summed E-state index contributed by atoms with van der Waals surface area (Å²) < 4.78 is 4.69. The summed E-state index contributed by atoms with van der Waals surface area (Å²) in [4.78, 5) is 10.6. The lowest BCUT2D eigenvalue weighted by Crippen LogP contribution is -2.15. The quantitative estimate of drug-likeness (QED) is 0.379. The van der Waals surface area contributed by atoms with Crippen molar-refractivity contribution >= 4 is 29.2 Å². The molecular formula is C6H10Cl2O2. The maximum atomic E-state index is 10.6. The number of halogens is 2. The van der Waals surface area contributed by atoms with E-state index in [1.165, 1.54) is 0 Å². The molecule has 0 fully saturated rings. The summed E-state index contributed by atoms with van der Waals surface area (Å²) in [5.41, 5.74) is 0. The Morgan fingerprint density at radius 3 is 2.70 bits per heavy atom. The second-order valence-corrected chi connectivity index (χ2v) is 2.86. The van der Waals surface area contributed by atoms with E-state index in [0.717, 1.165) is 0 Å². The van der Waals surface area contributed by atoms with E-state index in [0.29, 0.717) is 18.9 Å². The molecule has 0 aromatic heterocycles. The zero-order valence-corrected chi connectivity index (χ0v) is 7.28. The fourth-order valence-corrected chi connectivity index (χ4v) is 0.514. The van der Waals surface area contributed by atoms with Gasteiger partial charge in [-0.15, -0.1) is 23.2 Å². The summed E-state index contributed by atoms with van der Waals surface area (Å²) in [7, 11) is 0. The standard InChI is InChI=1S/C6H10Cl2O2/c1-5(8)6(9)10-4-2-3-7/h5H,2-4H2,1H3. The summed E-state index contributed by atoms with van der Waals surface area (Å²) in [5, 5.41) is -0.560. The van der Waals surface area contributed by atoms with Crippen molar-refractivity contribution < 1.29 is 9.53 Å². The summed E-state index contributed by atoms with van der Waals surface area (Å²) in [5.74, 6) is 0.121. The Hall–Kier alpha value is 0.0500. The van der Waals surface area contributed by atoms with Gasteiger partial charge < -0.3 is 4.74 Å². The number of esters is 1. The van der Waals surface area contributed by atoms with Crippen LogP contribution in [-0.4, -0.2) is 23.8 Å². The van der Waals surface area contributed by atoms with Gasteiger partial charge >= 0.3 is 5.97 Å². The van der Waals surface area contributed by atoms with E-state index in [-0.39, 0.29) is 5.97 Å². The molecule has 0 heterocycles. The molecule has 0 aliphatic heterocycles. The monoisotopic (exact) mass is 184 g/mol. The fourth-order valence-electron chi connectivity index (χ4n) is 0.342. The van der Waals surface area contributed by atoms with Gasteiger partial charge in [-0.05, 0) is 13.3 Å². The molecule has 0 rings (SSSR count). The van der Waals surface area contributed by atoms with Crippen molar-refractivity contribution in [2.24, 2.45) is 0 Å². The van der Waals surface area contributed by atoms with E-state index >= 15 is 0 Å². The molecule has 0 aliphatic carbocycles. The molecule has 0 aromatic rings. The molecule has 4 heteroatoms. The average molecular weight is 185 g/mol. The normalized spacial score (nSPS) is 12.7. The number of hydrogen-bond acceptors (Lipinski definition) is 2. The van der Waals surface area contributed by atoms with Gasteiger partial charge in [0.25, 0.3) is 0 Å². The second-order valence-electron chi connectivity index (χ2n) is 1.83. The van der Waals surface area contributed by atoms with Gasteiger partial charge in [-0.2, -0.15) is 0 Å². The zero-order valence-electron chi connectivity index (χ0n) is 5.77. The molecule has 10 heavy (non-hydrogen) atoms. The Balaban J connectivity index is 3.22. The predicted octanol–water partition coefficient (Wildman–Crippen LogP) is 1.79. The van der Waals surface area contributed by atoms with Gasteiger partial charge in [0.2, 0.25) is 0 Å². The highest BCUT2D eigenvalue weighted by Crippen LogP contribution is 1.97. The van der Waals surface area contributed by atoms with Crippen LogP contribution < -0.4 is 0 Å². The molecule has 0 amide bonds. The lowest BCUT2D eigenvalue weighted by molar-refractivity contribution is -0.142. The van der Waals surface area contributed by atoms with Crippen LogP contribution in [0.2, 0.25) is 0 Å². The number of hydrogen-bond donors (Lipinski definition) is 0. The third kappa shape index (κ3) is 4.89. The van der Waals surface area contributed by atoms with E-state index in [1.54, 1.807) is 6.92 Å². The Kier molecular flexibility index (Phi) is 5.84. The molecule has 0 bridgehead atoms. The number of alkyl halides is 2. The summed E-state index contributed by atoms with van der Waals surface area (Å²) in [6.45, 7) is 1.93. The molecule has 0 spiro atoms. The van der Waals surface area contributed by atoms with Crippen LogP contribution in [0, 0.1) is 0 Å². The number of rotatable bonds is 4. The maximum Gasteiger partial charge on any atom is 0.323 e. The highest BCUT2D eigenvalue weighted by molar-refractivity contribution is 6.29. The number of carbonyl (C=O) groups is 1. The van der Waals surface area contributed by atoms with Gasteiger partial charge in [-0.1, -0.05) is 0 Å². The Morgan fingerprint density at radius 1 is 1.70 bits per heavy atom. The van der Waals surface area contributed by atoms with Crippen molar-refractivity contribution in [1.82, 2.24) is 0 Å². The highest BCUT2D eigenvalue weighted by atomic mass is 35.5. The van der Waals surface area contributed by atoms with E-state index in [1.807, 2.05) is 0 Å². The maximum absolute atomic E-state index is 10.6. The molecule has 0 N–H and O–H groups in total. The smallest absolute Gasteiger partial charge is 0.323 e. The zero-order chi connectivity index (χ0) is 7.98. The number of ether oxygens (including phenoxy) is 1. The minimum absolute atomic E-state index is 0.361. The molecule has 1 unspecified atom stereocenters. The third-order valence-corrected chi connectivity index (χ3v) is 1.29. The van der Waals surface area contributed by atoms with Crippen molar-refractivity contribution in [2.45, 2.75) is 18.7 Å². The van der Waals surface area contributed by atoms with Crippen LogP contribution in [0.5, 0.6) is 0 Å². The van der Waals surface area contributed by atoms with Gasteiger partial charge in [-0.3, -0.25) is 4.79 Å². The average Bonchev–Trinajstić information content (AvgIpc) is 1.88. The topological polar surface area (TPSA) is 26.3 Å². The molecular weight excluding hydrogens is 175 g/mol. The summed E-state index contributed by atoms with van der Waals surface area (Å²) in [6, 6.07) is 0. The fraction of sp³-hybridized carbons (Fsp3) is 0.833. The lowest BCUT2D eigenvalue weighted by atomic mass is 10.5. The van der Waals surface area contributed by atoms with E-state index < -0.39 is 5.38 Å². The lowest BCUT2D eigenvalue weighted by Gasteiger charge is -2.03. The van der Waals surface area contributed by atoms with Crippen molar-refractivity contribution in [3.8, 4) is 0 Å². The van der Waals surface area contributed by atoms with Crippen LogP contribution in [0.1, 0.15) is 13.3 Å². The van der Waals surface area contributed by atoms with Crippen molar-refractivity contribution in [3.05, 3.63) is 0 Å². The van der Waals surface area contributed by atoms with Crippen LogP contribution in [-0.2, 0) is 9.53 Å². The van der Waals surface area contributed by atoms with Crippen molar-refractivity contribution in [3.63, 3.8) is 0 Å². The number of carbonyl (C=O) groups excluding carboxylic acids is 1. The van der Waals surface area contributed by atoms with E-state index in [9.17, 15) is 4.79 Å². The van der Waals surface area contributed by atoms with Crippen LogP contribution in [0.15, 0.2) is 0 Å². The van der Waals surface area contributed by atoms with Crippen molar-refractivity contribution in [1.29, 1.82) is 0 Å². The molecule has 0 radical (unpaired) electrons. The molecule has 60 valence electrons. The second kappa shape index (κ2) is 5.81. The highest BCUT2D eigenvalue weighted by Gasteiger charge is 2.08. The molecule has 0 saturated heterocycles. The first-order chi connectivity index (χ1) is 4.68. The SMILES string of the molecule is CC(Cl)C(=O)OCCCCl. The van der Waals surface area contributed by atoms with Crippen LogP contribution in [0.3, 0.4) is 0 Å². The largest absolute Gasteiger partial charge is 0.465 e. The molecule has 0 aliphatic rings.